The van der Waals surface area contributed by atoms with Crippen molar-refractivity contribution in [3.63, 3.8) is 0 Å². The summed E-state index contributed by atoms with van der Waals surface area (Å²) in [5.74, 6) is -0.607. The van der Waals surface area contributed by atoms with Gasteiger partial charge in [0.1, 0.15) is 5.41 Å². The Kier molecular flexibility index (Phi) is 4.74. The molecule has 1 saturated heterocycles. The van der Waals surface area contributed by atoms with E-state index in [0.29, 0.717) is 29.8 Å². The molecule has 0 bridgehead atoms. The topological polar surface area (TPSA) is 85.2 Å². The van der Waals surface area contributed by atoms with Crippen molar-refractivity contribution in [3.05, 3.63) is 54.1 Å². The van der Waals surface area contributed by atoms with E-state index in [2.05, 4.69) is 15.5 Å². The zero-order chi connectivity index (χ0) is 19.6. The molecule has 6 nitrogen and oxygen atoms in total. The predicted octanol–water partition coefficient (Wildman–Crippen LogP) is 3.52. The van der Waals surface area contributed by atoms with Gasteiger partial charge in [0.25, 0.3) is 0 Å². The molecule has 0 atom stereocenters. The lowest BCUT2D eigenvalue weighted by Crippen LogP contribution is -2.35. The molecule has 1 heterocycles. The summed E-state index contributed by atoms with van der Waals surface area (Å²) >= 11 is 0. The van der Waals surface area contributed by atoms with Gasteiger partial charge in [0.05, 0.1) is 11.6 Å². The molecule has 1 aliphatic carbocycles. The molecule has 0 spiro atoms. The highest BCUT2D eigenvalue weighted by Crippen LogP contribution is 2.47. The Hall–Kier alpha value is -3.33. The van der Waals surface area contributed by atoms with E-state index >= 15 is 0 Å². The van der Waals surface area contributed by atoms with Gasteiger partial charge in [-0.3, -0.25) is 9.59 Å². The van der Waals surface area contributed by atoms with Crippen LogP contribution in [0, 0.1) is 16.7 Å². The Morgan fingerprint density at radius 2 is 1.57 bits per heavy atom. The number of hydrogen-bond acceptors (Lipinski definition) is 4. The molecule has 2 aliphatic rings. The number of nitrogens with one attached hydrogen (secondary N) is 2. The van der Waals surface area contributed by atoms with Gasteiger partial charge < -0.3 is 15.5 Å². The number of rotatable bonds is 5. The monoisotopic (exact) mass is 374 g/mol. The second kappa shape index (κ2) is 7.35. The highest BCUT2D eigenvalue weighted by Gasteiger charge is 2.56. The highest BCUT2D eigenvalue weighted by atomic mass is 16.2. The van der Waals surface area contributed by atoms with Gasteiger partial charge in [-0.1, -0.05) is 6.07 Å². The molecule has 2 N–H and O–H groups in total. The van der Waals surface area contributed by atoms with Crippen LogP contribution in [0.4, 0.5) is 17.1 Å². The molecule has 4 rings (SSSR count). The third kappa shape index (κ3) is 3.56. The normalized spacial score (nSPS) is 16.9. The number of nitrogens with zero attached hydrogens (tertiary/aromatic N) is 2. The van der Waals surface area contributed by atoms with Gasteiger partial charge >= 0.3 is 0 Å². The van der Waals surface area contributed by atoms with Crippen LogP contribution in [0.2, 0.25) is 0 Å². The minimum atomic E-state index is -1.03. The zero-order valence-electron chi connectivity index (χ0n) is 15.6. The first-order valence-electron chi connectivity index (χ1n) is 9.59. The smallest absolute Gasteiger partial charge is 0.240 e. The summed E-state index contributed by atoms with van der Waals surface area (Å²) in [4.78, 5) is 27.8. The minimum Gasteiger partial charge on any atom is -0.372 e. The second-order valence-electron chi connectivity index (χ2n) is 7.42. The van der Waals surface area contributed by atoms with Gasteiger partial charge in [-0.25, -0.2) is 0 Å². The lowest BCUT2D eigenvalue weighted by atomic mass is 10.0. The van der Waals surface area contributed by atoms with E-state index in [0.717, 1.165) is 18.8 Å². The van der Waals surface area contributed by atoms with Crippen molar-refractivity contribution in [3.8, 4) is 6.07 Å². The first-order valence-corrected chi connectivity index (χ1v) is 9.59. The van der Waals surface area contributed by atoms with Crippen LogP contribution >= 0.6 is 0 Å². The number of hydrogen-bond donors (Lipinski definition) is 2. The van der Waals surface area contributed by atoms with Crippen molar-refractivity contribution in [1.82, 2.24) is 0 Å². The van der Waals surface area contributed by atoms with Crippen LogP contribution in [0.3, 0.4) is 0 Å². The Morgan fingerprint density at radius 1 is 0.929 bits per heavy atom. The van der Waals surface area contributed by atoms with Crippen LogP contribution < -0.4 is 15.5 Å². The van der Waals surface area contributed by atoms with E-state index in [1.54, 1.807) is 24.3 Å². The summed E-state index contributed by atoms with van der Waals surface area (Å²) < 4.78 is 0. The van der Waals surface area contributed by atoms with Crippen LogP contribution in [0.15, 0.2) is 48.5 Å². The maximum absolute atomic E-state index is 12.8. The van der Waals surface area contributed by atoms with Crippen molar-refractivity contribution >= 4 is 28.9 Å². The van der Waals surface area contributed by atoms with Gasteiger partial charge in [-0.2, -0.15) is 5.26 Å². The quantitative estimate of drug-likeness (QED) is 0.784. The SMILES string of the molecule is N#Cc1cccc(NC(=O)C2(C(=O)Nc3ccc(N4CCCC4)cc3)CC2)c1. The highest BCUT2D eigenvalue weighted by molar-refractivity contribution is 6.16. The van der Waals surface area contributed by atoms with Gasteiger partial charge in [0, 0.05) is 30.2 Å². The maximum Gasteiger partial charge on any atom is 0.240 e. The standard InChI is InChI=1S/C22H22N4O2/c23-15-16-4-3-5-18(14-16)25-21(28)22(10-11-22)20(27)24-17-6-8-19(9-7-17)26-12-1-2-13-26/h3-9,14H,1-2,10-13H2,(H,24,27)(H,25,28). The van der Waals surface area contributed by atoms with Crippen molar-refractivity contribution in [2.75, 3.05) is 28.6 Å². The third-order valence-corrected chi connectivity index (χ3v) is 5.47. The Labute approximate surface area is 164 Å². The number of amides is 2. The van der Waals surface area contributed by atoms with E-state index in [4.69, 9.17) is 5.26 Å². The summed E-state index contributed by atoms with van der Waals surface area (Å²) in [5.41, 5.74) is 1.81. The van der Waals surface area contributed by atoms with Crippen LogP contribution in [-0.2, 0) is 9.59 Å². The number of anilines is 3. The van der Waals surface area contributed by atoms with Gasteiger partial charge in [0.2, 0.25) is 11.8 Å². The summed E-state index contributed by atoms with van der Waals surface area (Å²) in [6, 6.07) is 16.5. The van der Waals surface area contributed by atoms with Gasteiger partial charge in [-0.15, -0.1) is 0 Å². The first-order chi connectivity index (χ1) is 13.6. The molecular weight excluding hydrogens is 352 g/mol. The Balaban J connectivity index is 1.40. The number of carbonyl (C=O) groups excluding carboxylic acids is 2. The molecule has 2 aromatic rings. The molecule has 142 valence electrons. The average molecular weight is 374 g/mol. The fraction of sp³-hybridized carbons (Fsp3) is 0.318. The van der Waals surface area contributed by atoms with E-state index in [1.165, 1.54) is 12.8 Å². The molecule has 2 aromatic carbocycles. The van der Waals surface area contributed by atoms with Crippen LogP contribution in [-0.4, -0.2) is 24.9 Å². The van der Waals surface area contributed by atoms with Gasteiger partial charge in [0.15, 0.2) is 0 Å². The summed E-state index contributed by atoms with van der Waals surface area (Å²) in [6.45, 7) is 2.14. The molecule has 0 radical (unpaired) electrons. The Bertz CT molecular complexity index is 936. The third-order valence-electron chi connectivity index (χ3n) is 5.47. The van der Waals surface area contributed by atoms with Crippen LogP contribution in [0.25, 0.3) is 0 Å². The second-order valence-corrected chi connectivity index (χ2v) is 7.42. The van der Waals surface area contributed by atoms with E-state index in [-0.39, 0.29) is 11.8 Å². The fourth-order valence-corrected chi connectivity index (χ4v) is 3.58. The molecule has 2 amide bonds. The van der Waals surface area contributed by atoms with Crippen molar-refractivity contribution in [2.24, 2.45) is 5.41 Å². The molecule has 6 heteroatoms. The van der Waals surface area contributed by atoms with Crippen LogP contribution in [0.5, 0.6) is 0 Å². The summed E-state index contributed by atoms with van der Waals surface area (Å²) in [7, 11) is 0. The number of benzene rings is 2. The lowest BCUT2D eigenvalue weighted by Gasteiger charge is -2.19. The molecule has 1 saturated carbocycles. The summed E-state index contributed by atoms with van der Waals surface area (Å²) in [6.07, 6.45) is 3.48. The predicted molar refractivity (Wildman–Crippen MR) is 108 cm³/mol. The maximum atomic E-state index is 12.8. The molecule has 28 heavy (non-hydrogen) atoms. The van der Waals surface area contributed by atoms with Crippen molar-refractivity contribution in [2.45, 2.75) is 25.7 Å². The van der Waals surface area contributed by atoms with E-state index in [1.807, 2.05) is 30.3 Å². The minimum absolute atomic E-state index is 0.282. The lowest BCUT2D eigenvalue weighted by molar-refractivity contribution is -0.131. The van der Waals surface area contributed by atoms with E-state index in [9.17, 15) is 9.59 Å². The molecular formula is C22H22N4O2. The number of nitriles is 1. The average Bonchev–Trinajstić information content (AvgIpc) is 3.36. The molecule has 2 fully saturated rings. The van der Waals surface area contributed by atoms with Crippen molar-refractivity contribution in [1.29, 1.82) is 5.26 Å². The van der Waals surface area contributed by atoms with Crippen molar-refractivity contribution < 1.29 is 9.59 Å². The van der Waals surface area contributed by atoms with Gasteiger partial charge in [-0.05, 0) is 68.1 Å². The fourth-order valence-electron chi connectivity index (χ4n) is 3.58. The zero-order valence-corrected chi connectivity index (χ0v) is 15.6. The molecule has 0 aromatic heterocycles. The largest absolute Gasteiger partial charge is 0.372 e. The molecule has 0 unspecified atom stereocenters. The van der Waals surface area contributed by atoms with Crippen LogP contribution in [0.1, 0.15) is 31.2 Å². The number of carbonyl (C=O) groups is 2. The first kappa shape index (κ1) is 18.1. The van der Waals surface area contributed by atoms with E-state index < -0.39 is 5.41 Å². The molecule has 1 aliphatic heterocycles. The summed E-state index contributed by atoms with van der Waals surface area (Å²) in [5, 5.41) is 14.6. The Morgan fingerprint density at radius 3 is 2.18 bits per heavy atom.